The van der Waals surface area contributed by atoms with Crippen LogP contribution in [-0.2, 0) is 17.9 Å². The van der Waals surface area contributed by atoms with Gasteiger partial charge in [-0.2, -0.15) is 5.26 Å². The summed E-state index contributed by atoms with van der Waals surface area (Å²) in [5, 5.41) is 13.3. The maximum atomic E-state index is 13.6. The van der Waals surface area contributed by atoms with Crippen molar-refractivity contribution < 1.29 is 14.3 Å². The van der Waals surface area contributed by atoms with E-state index in [2.05, 4.69) is 18.3 Å². The third-order valence-electron chi connectivity index (χ3n) is 7.55. The number of anilines is 1. The zero-order valence-corrected chi connectivity index (χ0v) is 23.9. The summed E-state index contributed by atoms with van der Waals surface area (Å²) in [6, 6.07) is 7.96. The Hall–Kier alpha value is -3.29. The molecule has 0 spiro atoms. The highest BCUT2D eigenvalue weighted by atomic mass is 32.2. The van der Waals surface area contributed by atoms with E-state index in [0.717, 1.165) is 44.1 Å². The molecule has 0 bridgehead atoms. The first-order chi connectivity index (χ1) is 18.9. The minimum atomic E-state index is -0.330. The van der Waals surface area contributed by atoms with Crippen molar-refractivity contribution >= 4 is 46.1 Å². The number of carbonyl (C=O) groups excluding carboxylic acids is 1. The SMILES string of the molecule is CCCCn1c(NCc2ccc3c(c2)OCO3)c(/C=C2/SC(=S)N(C3CCCCC3)C2=O)c(C)c(C#N)c1=O. The Bertz CT molecular complexity index is 1440. The molecule has 5 rings (SSSR count). The predicted octanol–water partition coefficient (Wildman–Crippen LogP) is 5.70. The molecule has 1 aromatic heterocycles. The first-order valence-electron chi connectivity index (χ1n) is 13.5. The zero-order chi connectivity index (χ0) is 27.5. The Labute approximate surface area is 238 Å². The maximum Gasteiger partial charge on any atom is 0.270 e. The number of ether oxygens (including phenoxy) is 2. The molecule has 0 atom stereocenters. The lowest BCUT2D eigenvalue weighted by Gasteiger charge is -2.29. The van der Waals surface area contributed by atoms with Crippen LogP contribution in [0.3, 0.4) is 0 Å². The number of fused-ring (bicyclic) bond motifs is 1. The fourth-order valence-corrected chi connectivity index (χ4v) is 6.77. The van der Waals surface area contributed by atoms with E-state index < -0.39 is 0 Å². The Balaban J connectivity index is 1.55. The second kappa shape index (κ2) is 11.8. The first kappa shape index (κ1) is 27.3. The summed E-state index contributed by atoms with van der Waals surface area (Å²) in [6.45, 7) is 4.89. The van der Waals surface area contributed by atoms with E-state index in [9.17, 15) is 14.9 Å². The standard InChI is InChI=1S/C29H32N4O4S2/c1-3-4-12-32-26(31-16-19-10-11-23-24(13-19)37-17-36-23)21(18(2)22(15-30)27(32)34)14-25-28(35)33(29(38)39-25)20-8-6-5-7-9-20/h10-11,13-14,20,31H,3-9,12,16-17H2,1-2H3/b25-14+. The molecular formula is C29H32N4O4S2. The highest BCUT2D eigenvalue weighted by molar-refractivity contribution is 8.26. The summed E-state index contributed by atoms with van der Waals surface area (Å²) in [5.41, 5.74) is 1.92. The fraction of sp³-hybridized carbons (Fsp3) is 0.448. The molecule has 1 aromatic carbocycles. The van der Waals surface area contributed by atoms with Gasteiger partial charge in [0, 0.05) is 24.7 Å². The molecule has 10 heteroatoms. The van der Waals surface area contributed by atoms with Gasteiger partial charge in [0.25, 0.3) is 11.5 Å². The quantitative estimate of drug-likeness (QED) is 0.322. The maximum absolute atomic E-state index is 13.6. The van der Waals surface area contributed by atoms with Crippen molar-refractivity contribution in [3.8, 4) is 17.6 Å². The normalized spacial score (nSPS) is 18.2. The van der Waals surface area contributed by atoms with Crippen LogP contribution in [0, 0.1) is 18.3 Å². The Morgan fingerprint density at radius 1 is 1.21 bits per heavy atom. The predicted molar refractivity (Wildman–Crippen MR) is 157 cm³/mol. The van der Waals surface area contributed by atoms with Gasteiger partial charge in [-0.15, -0.1) is 0 Å². The molecule has 1 saturated heterocycles. The molecule has 3 heterocycles. The van der Waals surface area contributed by atoms with E-state index in [1.165, 1.54) is 18.2 Å². The van der Waals surface area contributed by atoms with Crippen molar-refractivity contribution in [2.75, 3.05) is 12.1 Å². The molecule has 204 valence electrons. The van der Waals surface area contributed by atoms with Crippen LogP contribution in [0.4, 0.5) is 5.82 Å². The lowest BCUT2D eigenvalue weighted by atomic mass is 9.94. The molecule has 1 aliphatic carbocycles. The molecule has 2 aromatic rings. The van der Waals surface area contributed by atoms with Gasteiger partial charge in [-0.1, -0.05) is 62.7 Å². The summed E-state index contributed by atoms with van der Waals surface area (Å²) < 4.78 is 13.2. The molecule has 2 aliphatic heterocycles. The summed E-state index contributed by atoms with van der Waals surface area (Å²) in [4.78, 5) is 29.3. The Morgan fingerprint density at radius 2 is 1.97 bits per heavy atom. The molecular weight excluding hydrogens is 532 g/mol. The molecule has 0 unspecified atom stereocenters. The zero-order valence-electron chi connectivity index (χ0n) is 22.2. The number of nitrogens with one attached hydrogen (secondary N) is 1. The Kier molecular flexibility index (Phi) is 8.29. The number of benzene rings is 1. The molecule has 8 nitrogen and oxygen atoms in total. The number of unbranched alkanes of at least 4 members (excludes halogenated alkanes) is 1. The molecule has 2 fully saturated rings. The van der Waals surface area contributed by atoms with E-state index in [-0.39, 0.29) is 29.9 Å². The number of nitriles is 1. The van der Waals surface area contributed by atoms with E-state index >= 15 is 0 Å². The van der Waals surface area contributed by atoms with Gasteiger partial charge >= 0.3 is 0 Å². The second-order valence-corrected chi connectivity index (χ2v) is 11.7. The third kappa shape index (κ3) is 5.43. The van der Waals surface area contributed by atoms with Crippen molar-refractivity contribution in [3.05, 3.63) is 55.7 Å². The van der Waals surface area contributed by atoms with Crippen LogP contribution in [0.15, 0.2) is 27.9 Å². The molecule has 3 aliphatic rings. The summed E-state index contributed by atoms with van der Waals surface area (Å²) in [5.74, 6) is 1.88. The topological polar surface area (TPSA) is 96.6 Å². The minimum absolute atomic E-state index is 0.0914. The lowest BCUT2D eigenvalue weighted by Crippen LogP contribution is -2.39. The van der Waals surface area contributed by atoms with Gasteiger partial charge in [0.05, 0.1) is 4.91 Å². The number of pyridine rings is 1. The van der Waals surface area contributed by atoms with Crippen LogP contribution in [0.2, 0.25) is 0 Å². The van der Waals surface area contributed by atoms with Gasteiger partial charge in [-0.3, -0.25) is 19.1 Å². The van der Waals surface area contributed by atoms with E-state index in [4.69, 9.17) is 21.7 Å². The van der Waals surface area contributed by atoms with Crippen molar-refractivity contribution in [1.29, 1.82) is 5.26 Å². The van der Waals surface area contributed by atoms with Crippen molar-refractivity contribution in [3.63, 3.8) is 0 Å². The van der Waals surface area contributed by atoms with Gasteiger partial charge in [-0.05, 0) is 55.5 Å². The van der Waals surface area contributed by atoms with Crippen molar-refractivity contribution in [1.82, 2.24) is 9.47 Å². The second-order valence-electron chi connectivity index (χ2n) is 10.1. The minimum Gasteiger partial charge on any atom is -0.454 e. The monoisotopic (exact) mass is 564 g/mol. The fourth-order valence-electron chi connectivity index (χ4n) is 5.38. The summed E-state index contributed by atoms with van der Waals surface area (Å²) >= 11 is 6.94. The molecule has 1 N–H and O–H groups in total. The number of thiocarbonyl (C=S) groups is 1. The van der Waals surface area contributed by atoms with E-state index in [1.807, 2.05) is 24.3 Å². The number of thioether (sulfide) groups is 1. The molecule has 1 saturated carbocycles. The van der Waals surface area contributed by atoms with E-state index in [0.29, 0.717) is 50.8 Å². The highest BCUT2D eigenvalue weighted by Crippen LogP contribution is 2.39. The number of rotatable bonds is 8. The summed E-state index contributed by atoms with van der Waals surface area (Å²) in [7, 11) is 0. The number of carbonyl (C=O) groups is 1. The van der Waals surface area contributed by atoms with Gasteiger partial charge in [-0.25, -0.2) is 0 Å². The number of hydrogen-bond acceptors (Lipinski definition) is 8. The van der Waals surface area contributed by atoms with Gasteiger partial charge in [0.15, 0.2) is 11.5 Å². The van der Waals surface area contributed by atoms with Crippen molar-refractivity contribution in [2.45, 2.75) is 77.9 Å². The number of nitrogens with zero attached hydrogens (tertiary/aromatic N) is 3. The number of aromatic nitrogens is 1. The van der Waals surface area contributed by atoms with Crippen LogP contribution < -0.4 is 20.3 Å². The number of amides is 1. The first-order valence-corrected chi connectivity index (χ1v) is 14.7. The van der Waals surface area contributed by atoms with Crippen LogP contribution in [-0.4, -0.2) is 32.5 Å². The van der Waals surface area contributed by atoms with Gasteiger partial charge in [0.1, 0.15) is 21.8 Å². The lowest BCUT2D eigenvalue weighted by molar-refractivity contribution is -0.124. The smallest absolute Gasteiger partial charge is 0.270 e. The largest absolute Gasteiger partial charge is 0.454 e. The average molecular weight is 565 g/mol. The van der Waals surface area contributed by atoms with Crippen LogP contribution >= 0.6 is 24.0 Å². The van der Waals surface area contributed by atoms with E-state index in [1.54, 1.807) is 16.4 Å². The Morgan fingerprint density at radius 3 is 2.72 bits per heavy atom. The third-order valence-corrected chi connectivity index (χ3v) is 8.88. The van der Waals surface area contributed by atoms with Crippen molar-refractivity contribution in [2.24, 2.45) is 0 Å². The molecule has 39 heavy (non-hydrogen) atoms. The van der Waals surface area contributed by atoms with Crippen LogP contribution in [0.5, 0.6) is 11.5 Å². The number of hydrogen-bond donors (Lipinski definition) is 1. The van der Waals surface area contributed by atoms with Gasteiger partial charge < -0.3 is 14.8 Å². The summed E-state index contributed by atoms with van der Waals surface area (Å²) in [6.07, 6.45) is 8.78. The highest BCUT2D eigenvalue weighted by Gasteiger charge is 2.38. The molecule has 0 radical (unpaired) electrons. The average Bonchev–Trinajstić information content (AvgIpc) is 3.52. The van der Waals surface area contributed by atoms with Gasteiger partial charge in [0.2, 0.25) is 6.79 Å². The van der Waals surface area contributed by atoms with Crippen LogP contribution in [0.25, 0.3) is 6.08 Å². The molecule has 1 amide bonds. The van der Waals surface area contributed by atoms with Crippen LogP contribution in [0.1, 0.15) is 74.1 Å².